The molecule has 3 rings (SSSR count). The molecule has 0 atom stereocenters. The first-order chi connectivity index (χ1) is 17.0. The molecule has 0 fully saturated rings. The molecule has 186 valence electrons. The molecule has 0 aliphatic rings. The molecule has 0 spiro atoms. The van der Waals surface area contributed by atoms with Gasteiger partial charge in [-0.05, 0) is 39.8 Å². The van der Waals surface area contributed by atoms with Gasteiger partial charge >= 0.3 is 63.4 Å². The minimum absolute atomic E-state index is 0. The van der Waals surface area contributed by atoms with Crippen molar-refractivity contribution >= 4 is 5.97 Å². The average molecular weight is 525 g/mol. The smallest absolute Gasteiger partial charge is 0.545 e. The maximum Gasteiger partial charge on any atom is 1.00 e. The van der Waals surface area contributed by atoms with Crippen LogP contribution >= 0.6 is 0 Å². The normalized spacial score (nSPS) is 10.1. The first-order valence-electron chi connectivity index (χ1n) is 11.0. The maximum absolute atomic E-state index is 12.0. The van der Waals surface area contributed by atoms with E-state index in [4.69, 9.17) is 28.4 Å². The predicted octanol–water partition coefficient (Wildman–Crippen LogP) is -0.186. The summed E-state index contributed by atoms with van der Waals surface area (Å²) in [6.07, 6.45) is 0. The van der Waals surface area contributed by atoms with Crippen LogP contribution in [0.4, 0.5) is 0 Å². The Balaban J connectivity index is 0.00000456. The Bertz CT molecular complexity index is 1040. The fourth-order valence-corrected chi connectivity index (χ4v) is 2.82. The number of hydrogen-bond acceptors (Lipinski definition) is 12. The molecular formula is C23H25KN4O8. The van der Waals surface area contributed by atoms with Gasteiger partial charge in [0.2, 0.25) is 23.5 Å². The Morgan fingerprint density at radius 2 is 1.03 bits per heavy atom. The fourth-order valence-electron chi connectivity index (χ4n) is 2.82. The number of aromatic carboxylic acids is 1. The molecule has 0 saturated carbocycles. The van der Waals surface area contributed by atoms with Crippen molar-refractivity contribution in [3.63, 3.8) is 0 Å². The summed E-state index contributed by atoms with van der Waals surface area (Å²) in [6.45, 7) is 8.55. The Hall–Kier alpha value is -2.71. The predicted molar refractivity (Wildman–Crippen MR) is 120 cm³/mol. The van der Waals surface area contributed by atoms with Gasteiger partial charge in [0.25, 0.3) is 0 Å². The van der Waals surface area contributed by atoms with Crippen LogP contribution in [0.5, 0.6) is 47.0 Å². The van der Waals surface area contributed by atoms with E-state index in [1.54, 1.807) is 27.7 Å². The number of rotatable bonds is 13. The van der Waals surface area contributed by atoms with E-state index < -0.39 is 11.5 Å². The zero-order valence-corrected chi connectivity index (χ0v) is 23.9. The van der Waals surface area contributed by atoms with E-state index in [0.717, 1.165) is 0 Å². The molecule has 0 bridgehead atoms. The Labute approximate surface area is 250 Å². The second-order valence-corrected chi connectivity index (χ2v) is 6.51. The van der Waals surface area contributed by atoms with E-state index in [0.29, 0.717) is 26.4 Å². The first-order valence-corrected chi connectivity index (χ1v) is 11.0. The van der Waals surface area contributed by atoms with Gasteiger partial charge < -0.3 is 38.3 Å². The molecule has 12 nitrogen and oxygen atoms in total. The zero-order chi connectivity index (χ0) is 25.2. The number of carboxylic acids is 1. The van der Waals surface area contributed by atoms with Gasteiger partial charge in [-0.25, -0.2) is 0 Å². The number of carbonyl (C=O) groups excluding carboxylic acids is 1. The molecule has 0 unspecified atom stereocenters. The summed E-state index contributed by atoms with van der Waals surface area (Å²) < 4.78 is 33.0. The number of ether oxygens (including phenoxy) is 6. The van der Waals surface area contributed by atoms with Crippen molar-refractivity contribution in [1.82, 2.24) is 19.9 Å². The number of aromatic nitrogens is 4. The van der Waals surface area contributed by atoms with Crippen LogP contribution in [0.1, 0.15) is 38.1 Å². The number of hydrogen-bond donors (Lipinski definition) is 0. The van der Waals surface area contributed by atoms with Gasteiger partial charge in [0.05, 0.1) is 50.1 Å². The molecule has 0 radical (unpaired) electrons. The van der Waals surface area contributed by atoms with Crippen molar-refractivity contribution in [2.75, 3.05) is 26.4 Å². The average Bonchev–Trinajstić information content (AvgIpc) is 2.80. The van der Waals surface area contributed by atoms with E-state index >= 15 is 0 Å². The van der Waals surface area contributed by atoms with Crippen LogP contribution in [0, 0.1) is 0 Å². The summed E-state index contributed by atoms with van der Waals surface area (Å²) in [7, 11) is 0. The van der Waals surface area contributed by atoms with Gasteiger partial charge in [0.1, 0.15) is 11.5 Å². The molecule has 2 aromatic heterocycles. The van der Waals surface area contributed by atoms with Crippen LogP contribution in [-0.2, 0) is 0 Å². The summed E-state index contributed by atoms with van der Waals surface area (Å²) in [5, 5.41) is 12.0. The summed E-state index contributed by atoms with van der Waals surface area (Å²) in [5.74, 6) is -1.02. The van der Waals surface area contributed by atoms with Crippen LogP contribution in [0.3, 0.4) is 0 Å². The van der Waals surface area contributed by atoms with Gasteiger partial charge in [-0.1, -0.05) is 6.07 Å². The minimum atomic E-state index is -1.56. The third-order valence-corrected chi connectivity index (χ3v) is 4.08. The summed E-state index contributed by atoms with van der Waals surface area (Å²) in [4.78, 5) is 28.6. The third kappa shape index (κ3) is 8.16. The van der Waals surface area contributed by atoms with E-state index in [9.17, 15) is 9.90 Å². The minimum Gasteiger partial charge on any atom is -0.545 e. The molecule has 0 N–H and O–H groups in total. The molecule has 36 heavy (non-hydrogen) atoms. The van der Waals surface area contributed by atoms with Gasteiger partial charge in [-0.2, -0.15) is 19.9 Å². The molecule has 0 aliphatic heterocycles. The number of benzene rings is 1. The summed E-state index contributed by atoms with van der Waals surface area (Å²) >= 11 is 0. The second-order valence-electron chi connectivity index (χ2n) is 6.51. The van der Waals surface area contributed by atoms with E-state index in [1.165, 1.54) is 30.3 Å². The van der Waals surface area contributed by atoms with Crippen molar-refractivity contribution in [3.8, 4) is 47.0 Å². The molecule has 13 heteroatoms. The summed E-state index contributed by atoms with van der Waals surface area (Å²) in [5.41, 5.74) is -0.403. The van der Waals surface area contributed by atoms with Crippen molar-refractivity contribution in [1.29, 1.82) is 0 Å². The van der Waals surface area contributed by atoms with Crippen LogP contribution in [0.25, 0.3) is 0 Å². The molecule has 2 heterocycles. The Morgan fingerprint density at radius 3 is 1.31 bits per heavy atom. The molecule has 1 aromatic carbocycles. The molecule has 0 saturated heterocycles. The number of carbonyl (C=O) groups is 1. The monoisotopic (exact) mass is 524 g/mol. The second kappa shape index (κ2) is 14.8. The SMILES string of the molecule is CCOc1cc(OCC)nc(Oc2cccc(Oc3nc(OCC)cc(OCC)n3)c2C(=O)[O-])n1.[K+]. The fraction of sp³-hybridized carbons (Fsp3) is 0.348. The quantitative estimate of drug-likeness (QED) is 0.273. The summed E-state index contributed by atoms with van der Waals surface area (Å²) in [6, 6.07) is 6.94. The van der Waals surface area contributed by atoms with Gasteiger partial charge in [0.15, 0.2) is 0 Å². The van der Waals surface area contributed by atoms with Crippen molar-refractivity contribution in [2.45, 2.75) is 27.7 Å². The van der Waals surface area contributed by atoms with Crippen molar-refractivity contribution in [2.24, 2.45) is 0 Å². The van der Waals surface area contributed by atoms with Gasteiger partial charge in [0, 0.05) is 0 Å². The van der Waals surface area contributed by atoms with Crippen molar-refractivity contribution in [3.05, 3.63) is 35.9 Å². The topological polar surface area (TPSA) is 147 Å². The first kappa shape index (κ1) is 29.5. The Morgan fingerprint density at radius 1 is 0.694 bits per heavy atom. The Kier molecular flexibility index (Phi) is 12.1. The van der Waals surface area contributed by atoms with Crippen molar-refractivity contribution < 1.29 is 89.7 Å². The zero-order valence-electron chi connectivity index (χ0n) is 20.8. The number of carboxylic acid groups (broad SMARTS) is 1. The van der Waals surface area contributed by atoms with Gasteiger partial charge in [-0.15, -0.1) is 0 Å². The van der Waals surface area contributed by atoms with Gasteiger partial charge in [-0.3, -0.25) is 0 Å². The molecular weight excluding hydrogens is 499 g/mol. The molecule has 0 aliphatic carbocycles. The largest absolute Gasteiger partial charge is 1.00 e. The molecule has 0 amide bonds. The van der Waals surface area contributed by atoms with E-state index in [2.05, 4.69) is 19.9 Å². The van der Waals surface area contributed by atoms with Crippen LogP contribution in [0.2, 0.25) is 0 Å². The van der Waals surface area contributed by atoms with Crippen LogP contribution in [0.15, 0.2) is 30.3 Å². The van der Waals surface area contributed by atoms with E-state index in [1.807, 2.05) is 0 Å². The van der Waals surface area contributed by atoms with Crippen LogP contribution < -0.4 is 84.9 Å². The third-order valence-electron chi connectivity index (χ3n) is 4.08. The maximum atomic E-state index is 12.0. The van der Waals surface area contributed by atoms with Crippen LogP contribution in [-0.4, -0.2) is 52.3 Å². The number of nitrogens with zero attached hydrogens (tertiary/aromatic N) is 4. The standard InChI is InChI=1S/C23H26N4O8.K/c1-5-30-16-12-17(31-6-2)25-22(24-16)34-14-10-9-11-15(20(14)21(28)29)35-23-26-18(32-7-3)13-19(27-23)33-8-4;/h9-13H,5-8H2,1-4H3,(H,28,29);/q;+1/p-1. The van der Waals surface area contributed by atoms with E-state index in [-0.39, 0.29) is 98.4 Å². The molecule has 3 aromatic rings.